The Balaban J connectivity index is 3.21. The number of hydrogen-bond donors (Lipinski definition) is 1. The first kappa shape index (κ1) is 13.0. The second-order valence-electron chi connectivity index (χ2n) is 4.42. The number of aliphatic hydroxyl groups excluding tert-OH is 1. The van der Waals surface area contributed by atoms with E-state index < -0.39 is 0 Å². The van der Waals surface area contributed by atoms with Crippen molar-refractivity contribution in [2.24, 2.45) is 11.8 Å². The van der Waals surface area contributed by atoms with Gasteiger partial charge >= 0.3 is 0 Å². The minimum atomic E-state index is 0.357. The van der Waals surface area contributed by atoms with Gasteiger partial charge in [-0.25, -0.2) is 0 Å². The molecule has 0 fully saturated rings. The van der Waals surface area contributed by atoms with E-state index in [9.17, 15) is 0 Å². The summed E-state index contributed by atoms with van der Waals surface area (Å²) in [6.45, 7) is 7.25. The molecule has 0 aliphatic carbocycles. The maximum absolute atomic E-state index is 8.67. The van der Waals surface area contributed by atoms with Gasteiger partial charge in [0, 0.05) is 6.61 Å². The Morgan fingerprint density at radius 3 is 2.00 bits per heavy atom. The van der Waals surface area contributed by atoms with E-state index in [0.29, 0.717) is 6.61 Å². The lowest BCUT2D eigenvalue weighted by Gasteiger charge is -2.12. The van der Waals surface area contributed by atoms with Crippen molar-refractivity contribution in [3.8, 4) is 0 Å². The molecule has 2 atom stereocenters. The molecule has 0 aliphatic heterocycles. The Morgan fingerprint density at radius 1 is 0.923 bits per heavy atom. The molecule has 0 saturated heterocycles. The fraction of sp³-hybridized carbons (Fsp3) is 1.00. The molecule has 0 radical (unpaired) electrons. The van der Waals surface area contributed by atoms with E-state index >= 15 is 0 Å². The van der Waals surface area contributed by atoms with Crippen molar-refractivity contribution >= 4 is 0 Å². The van der Waals surface area contributed by atoms with Crippen LogP contribution in [-0.2, 0) is 0 Å². The first-order valence-corrected chi connectivity index (χ1v) is 5.81. The van der Waals surface area contributed by atoms with Gasteiger partial charge in [0.25, 0.3) is 0 Å². The van der Waals surface area contributed by atoms with Crippen LogP contribution in [0.2, 0.25) is 0 Å². The van der Waals surface area contributed by atoms with Crippen LogP contribution in [0.25, 0.3) is 0 Å². The standard InChI is InChI=1S/C12H26O/c1-4-11(2)7-5-8-12(3)9-6-10-13/h11-13H,4-10H2,1-3H3/t11-,12+/m1/s1. The van der Waals surface area contributed by atoms with Crippen molar-refractivity contribution in [3.63, 3.8) is 0 Å². The van der Waals surface area contributed by atoms with Gasteiger partial charge in [0.1, 0.15) is 0 Å². The van der Waals surface area contributed by atoms with E-state index in [1.165, 1.54) is 32.1 Å². The normalized spacial score (nSPS) is 15.7. The molecule has 0 aromatic rings. The van der Waals surface area contributed by atoms with E-state index in [1.807, 2.05) is 0 Å². The SMILES string of the molecule is CC[C@@H](C)CCC[C@H](C)CCCO. The highest BCUT2D eigenvalue weighted by molar-refractivity contribution is 4.56. The molecule has 0 rings (SSSR count). The van der Waals surface area contributed by atoms with Crippen molar-refractivity contribution < 1.29 is 5.11 Å². The van der Waals surface area contributed by atoms with E-state index in [-0.39, 0.29) is 0 Å². The summed E-state index contributed by atoms with van der Waals surface area (Å²) in [6, 6.07) is 0. The third-order valence-electron chi connectivity index (χ3n) is 2.95. The molecule has 0 bridgehead atoms. The molecule has 0 aliphatic rings. The average Bonchev–Trinajstić information content (AvgIpc) is 2.14. The summed E-state index contributed by atoms with van der Waals surface area (Å²) in [5, 5.41) is 8.67. The minimum absolute atomic E-state index is 0.357. The molecule has 0 saturated carbocycles. The zero-order valence-corrected chi connectivity index (χ0v) is 9.55. The van der Waals surface area contributed by atoms with Crippen molar-refractivity contribution in [3.05, 3.63) is 0 Å². The lowest BCUT2D eigenvalue weighted by atomic mass is 9.95. The molecule has 0 unspecified atom stereocenters. The summed E-state index contributed by atoms with van der Waals surface area (Å²) < 4.78 is 0. The maximum Gasteiger partial charge on any atom is 0.0431 e. The number of hydrogen-bond acceptors (Lipinski definition) is 1. The molecular weight excluding hydrogens is 160 g/mol. The lowest BCUT2D eigenvalue weighted by molar-refractivity contribution is 0.270. The van der Waals surface area contributed by atoms with Gasteiger partial charge in [-0.1, -0.05) is 46.5 Å². The fourth-order valence-corrected chi connectivity index (χ4v) is 1.60. The van der Waals surface area contributed by atoms with E-state index in [0.717, 1.165) is 18.3 Å². The summed E-state index contributed by atoms with van der Waals surface area (Å²) in [4.78, 5) is 0. The summed E-state index contributed by atoms with van der Waals surface area (Å²) in [7, 11) is 0. The Hall–Kier alpha value is -0.0400. The Morgan fingerprint density at radius 2 is 1.46 bits per heavy atom. The van der Waals surface area contributed by atoms with Gasteiger partial charge in [0.05, 0.1) is 0 Å². The van der Waals surface area contributed by atoms with Crippen LogP contribution >= 0.6 is 0 Å². The lowest BCUT2D eigenvalue weighted by Crippen LogP contribution is -1.99. The Bertz CT molecular complexity index is 101. The molecule has 80 valence electrons. The van der Waals surface area contributed by atoms with Crippen LogP contribution in [0.15, 0.2) is 0 Å². The van der Waals surface area contributed by atoms with Crippen LogP contribution in [0.1, 0.15) is 59.3 Å². The van der Waals surface area contributed by atoms with Gasteiger partial charge in [0.15, 0.2) is 0 Å². The van der Waals surface area contributed by atoms with Crippen LogP contribution in [0, 0.1) is 11.8 Å². The van der Waals surface area contributed by atoms with E-state index in [4.69, 9.17) is 5.11 Å². The van der Waals surface area contributed by atoms with Gasteiger partial charge in [-0.05, 0) is 24.7 Å². The average molecular weight is 186 g/mol. The molecule has 13 heavy (non-hydrogen) atoms. The Labute approximate surface area is 83.5 Å². The Kier molecular flexibility index (Phi) is 8.53. The maximum atomic E-state index is 8.67. The van der Waals surface area contributed by atoms with Crippen LogP contribution in [0.4, 0.5) is 0 Å². The summed E-state index contributed by atoms with van der Waals surface area (Å²) >= 11 is 0. The predicted molar refractivity (Wildman–Crippen MR) is 58.8 cm³/mol. The summed E-state index contributed by atoms with van der Waals surface area (Å²) in [6.07, 6.45) is 7.55. The van der Waals surface area contributed by atoms with Gasteiger partial charge in [-0.3, -0.25) is 0 Å². The van der Waals surface area contributed by atoms with Crippen molar-refractivity contribution in [1.29, 1.82) is 0 Å². The minimum Gasteiger partial charge on any atom is -0.396 e. The summed E-state index contributed by atoms with van der Waals surface area (Å²) in [5.41, 5.74) is 0. The van der Waals surface area contributed by atoms with Crippen LogP contribution in [-0.4, -0.2) is 11.7 Å². The predicted octanol–water partition coefficient (Wildman–Crippen LogP) is 3.61. The zero-order valence-electron chi connectivity index (χ0n) is 9.55. The van der Waals surface area contributed by atoms with Gasteiger partial charge < -0.3 is 5.11 Å². The second kappa shape index (κ2) is 8.55. The second-order valence-corrected chi connectivity index (χ2v) is 4.42. The van der Waals surface area contributed by atoms with Crippen LogP contribution in [0.3, 0.4) is 0 Å². The molecule has 1 nitrogen and oxygen atoms in total. The van der Waals surface area contributed by atoms with E-state index in [2.05, 4.69) is 20.8 Å². The molecule has 1 heteroatoms. The van der Waals surface area contributed by atoms with Gasteiger partial charge in [0.2, 0.25) is 0 Å². The fourth-order valence-electron chi connectivity index (χ4n) is 1.60. The van der Waals surface area contributed by atoms with Gasteiger partial charge in [-0.15, -0.1) is 0 Å². The third kappa shape index (κ3) is 8.29. The first-order chi connectivity index (χ1) is 6.20. The molecule has 0 spiro atoms. The molecular formula is C12H26O. The molecule has 0 aromatic carbocycles. The first-order valence-electron chi connectivity index (χ1n) is 5.81. The third-order valence-corrected chi connectivity index (χ3v) is 2.95. The highest BCUT2D eigenvalue weighted by Gasteiger charge is 2.03. The highest BCUT2D eigenvalue weighted by atomic mass is 16.2. The quantitative estimate of drug-likeness (QED) is 0.614. The topological polar surface area (TPSA) is 20.2 Å². The monoisotopic (exact) mass is 186 g/mol. The van der Waals surface area contributed by atoms with Crippen LogP contribution < -0.4 is 0 Å². The van der Waals surface area contributed by atoms with Crippen molar-refractivity contribution in [1.82, 2.24) is 0 Å². The largest absolute Gasteiger partial charge is 0.396 e. The number of aliphatic hydroxyl groups is 1. The van der Waals surface area contributed by atoms with E-state index in [1.54, 1.807) is 0 Å². The van der Waals surface area contributed by atoms with Crippen LogP contribution in [0.5, 0.6) is 0 Å². The number of rotatable bonds is 8. The van der Waals surface area contributed by atoms with Gasteiger partial charge in [-0.2, -0.15) is 0 Å². The zero-order chi connectivity index (χ0) is 10.1. The van der Waals surface area contributed by atoms with Crippen molar-refractivity contribution in [2.75, 3.05) is 6.61 Å². The molecule has 0 aromatic heterocycles. The smallest absolute Gasteiger partial charge is 0.0431 e. The van der Waals surface area contributed by atoms with Crippen molar-refractivity contribution in [2.45, 2.75) is 59.3 Å². The molecule has 0 amide bonds. The molecule has 1 N–H and O–H groups in total. The molecule has 0 heterocycles. The highest BCUT2D eigenvalue weighted by Crippen LogP contribution is 2.17. The summed E-state index contributed by atoms with van der Waals surface area (Å²) in [5.74, 6) is 1.70.